The lowest BCUT2D eigenvalue weighted by molar-refractivity contribution is -0.120. The van der Waals surface area contributed by atoms with Crippen molar-refractivity contribution in [1.82, 2.24) is 4.98 Å². The average molecular weight is 229 g/mol. The fraction of sp³-hybridized carbons (Fsp3) is 0. The summed E-state index contributed by atoms with van der Waals surface area (Å²) in [4.78, 5) is 15.8. The quantitative estimate of drug-likeness (QED) is 0.634. The lowest BCUT2D eigenvalue weighted by Crippen LogP contribution is -1.90. The van der Waals surface area contributed by atoms with E-state index in [1.807, 2.05) is 23.6 Å². The molecule has 0 saturated heterocycles. The Hall–Kier alpha value is -1.94. The molecule has 2 aromatic heterocycles. The number of thiophene rings is 1. The van der Waals surface area contributed by atoms with Crippen LogP contribution in [0.4, 0.5) is 0 Å². The van der Waals surface area contributed by atoms with Crippen LogP contribution in [0.3, 0.4) is 0 Å². The van der Waals surface area contributed by atoms with Gasteiger partial charge in [-0.25, -0.2) is 4.98 Å². The summed E-state index contributed by atoms with van der Waals surface area (Å²) in [5.74, 6) is 0.582. The molecule has 16 heavy (non-hydrogen) atoms. The van der Waals surface area contributed by atoms with Gasteiger partial charge in [-0.3, -0.25) is 4.79 Å². The van der Waals surface area contributed by atoms with Gasteiger partial charge in [-0.1, -0.05) is 12.1 Å². The van der Waals surface area contributed by atoms with Crippen molar-refractivity contribution < 1.29 is 9.53 Å². The summed E-state index contributed by atoms with van der Waals surface area (Å²) in [6.07, 6.45) is 1.80. The van der Waals surface area contributed by atoms with Crippen molar-refractivity contribution in [2.75, 3.05) is 0 Å². The first kappa shape index (κ1) is 9.30. The molecular formula is C12H7NO2S. The van der Waals surface area contributed by atoms with E-state index >= 15 is 0 Å². The molecule has 0 fully saturated rings. The van der Waals surface area contributed by atoms with Gasteiger partial charge in [0.25, 0.3) is 6.47 Å². The smallest absolute Gasteiger partial charge is 0.298 e. The summed E-state index contributed by atoms with van der Waals surface area (Å²) >= 11 is 1.57. The normalized spacial score (nSPS) is 10.8. The maximum atomic E-state index is 10.5. The SMILES string of the molecule is O=COc1cccc2cnc3sccc3c12. The molecule has 0 atom stereocenters. The van der Waals surface area contributed by atoms with Crippen LogP contribution in [0.1, 0.15) is 0 Å². The number of carbonyl (C=O) groups is 1. The van der Waals surface area contributed by atoms with Crippen molar-refractivity contribution in [1.29, 1.82) is 0 Å². The van der Waals surface area contributed by atoms with Gasteiger partial charge in [-0.2, -0.15) is 0 Å². The fourth-order valence-electron chi connectivity index (χ4n) is 1.81. The van der Waals surface area contributed by atoms with Crippen LogP contribution in [0.15, 0.2) is 35.8 Å². The number of aromatic nitrogens is 1. The second kappa shape index (κ2) is 3.57. The second-order valence-electron chi connectivity index (χ2n) is 3.33. The number of fused-ring (bicyclic) bond motifs is 3. The third-order valence-electron chi connectivity index (χ3n) is 2.47. The zero-order valence-corrected chi connectivity index (χ0v) is 9.03. The molecule has 0 radical (unpaired) electrons. The Balaban J connectivity index is 2.49. The summed E-state index contributed by atoms with van der Waals surface area (Å²) in [6.45, 7) is 0.452. The van der Waals surface area contributed by atoms with Gasteiger partial charge in [0.15, 0.2) is 0 Å². The molecule has 0 bridgehead atoms. The summed E-state index contributed by atoms with van der Waals surface area (Å²) < 4.78 is 4.99. The van der Waals surface area contributed by atoms with Crippen molar-refractivity contribution in [3.63, 3.8) is 0 Å². The van der Waals surface area contributed by atoms with Crippen molar-refractivity contribution >= 4 is 38.8 Å². The number of carbonyl (C=O) groups excluding carboxylic acids is 1. The van der Waals surface area contributed by atoms with Gasteiger partial charge in [0, 0.05) is 22.4 Å². The van der Waals surface area contributed by atoms with Crippen LogP contribution in [-0.2, 0) is 4.79 Å². The molecule has 0 amide bonds. The molecule has 0 N–H and O–H groups in total. The minimum absolute atomic E-state index is 0.452. The van der Waals surface area contributed by atoms with Crippen molar-refractivity contribution in [2.24, 2.45) is 0 Å². The highest BCUT2D eigenvalue weighted by molar-refractivity contribution is 7.16. The topological polar surface area (TPSA) is 39.2 Å². The van der Waals surface area contributed by atoms with E-state index in [2.05, 4.69) is 4.98 Å². The highest BCUT2D eigenvalue weighted by Gasteiger charge is 2.07. The van der Waals surface area contributed by atoms with Crippen LogP contribution >= 0.6 is 11.3 Å². The van der Waals surface area contributed by atoms with Crippen molar-refractivity contribution in [2.45, 2.75) is 0 Å². The van der Waals surface area contributed by atoms with Crippen LogP contribution in [0, 0.1) is 0 Å². The monoisotopic (exact) mass is 229 g/mol. The van der Waals surface area contributed by atoms with E-state index in [1.165, 1.54) is 0 Å². The minimum atomic E-state index is 0.452. The predicted molar refractivity (Wildman–Crippen MR) is 63.8 cm³/mol. The maximum absolute atomic E-state index is 10.5. The summed E-state index contributed by atoms with van der Waals surface area (Å²) in [5.41, 5.74) is 0. The Bertz CT molecular complexity index is 675. The molecule has 3 nitrogen and oxygen atoms in total. The summed E-state index contributed by atoms with van der Waals surface area (Å²) in [6, 6.07) is 7.58. The highest BCUT2D eigenvalue weighted by Crippen LogP contribution is 2.33. The van der Waals surface area contributed by atoms with Gasteiger partial charge in [0.2, 0.25) is 0 Å². The van der Waals surface area contributed by atoms with E-state index < -0.39 is 0 Å². The predicted octanol–water partition coefficient (Wildman–Crippen LogP) is 2.98. The van der Waals surface area contributed by atoms with E-state index in [0.717, 1.165) is 21.0 Å². The molecule has 0 spiro atoms. The second-order valence-corrected chi connectivity index (χ2v) is 4.23. The van der Waals surface area contributed by atoms with Crippen LogP contribution in [0.5, 0.6) is 5.75 Å². The van der Waals surface area contributed by atoms with E-state index in [-0.39, 0.29) is 0 Å². The van der Waals surface area contributed by atoms with Crippen LogP contribution in [-0.4, -0.2) is 11.5 Å². The van der Waals surface area contributed by atoms with Gasteiger partial charge in [-0.05, 0) is 17.5 Å². The minimum Gasteiger partial charge on any atom is -0.428 e. The Kier molecular flexibility index (Phi) is 2.08. The number of nitrogens with zero attached hydrogens (tertiary/aromatic N) is 1. The fourth-order valence-corrected chi connectivity index (χ4v) is 2.56. The Morgan fingerprint density at radius 3 is 3.12 bits per heavy atom. The lowest BCUT2D eigenvalue weighted by atomic mass is 10.1. The number of pyridine rings is 1. The highest BCUT2D eigenvalue weighted by atomic mass is 32.1. The molecule has 2 heterocycles. The first-order valence-corrected chi connectivity index (χ1v) is 5.63. The summed E-state index contributed by atoms with van der Waals surface area (Å²) in [7, 11) is 0. The molecule has 0 aliphatic carbocycles. The first-order valence-electron chi connectivity index (χ1n) is 4.75. The largest absolute Gasteiger partial charge is 0.428 e. The van der Waals surface area contributed by atoms with Crippen molar-refractivity contribution in [3.05, 3.63) is 35.8 Å². The first-order chi connectivity index (χ1) is 7.90. The molecule has 0 saturated carbocycles. The molecule has 0 aliphatic rings. The van der Waals surface area contributed by atoms with Gasteiger partial charge in [0.05, 0.1) is 0 Å². The Morgan fingerprint density at radius 2 is 2.25 bits per heavy atom. The van der Waals surface area contributed by atoms with E-state index in [9.17, 15) is 4.79 Å². The summed E-state index contributed by atoms with van der Waals surface area (Å²) in [5, 5.41) is 4.93. The average Bonchev–Trinajstić information content (AvgIpc) is 2.77. The van der Waals surface area contributed by atoms with Crippen LogP contribution < -0.4 is 4.74 Å². The number of rotatable bonds is 2. The maximum Gasteiger partial charge on any atom is 0.298 e. The third-order valence-corrected chi connectivity index (χ3v) is 3.29. The Labute approximate surface area is 95.3 Å². The van der Waals surface area contributed by atoms with E-state index in [0.29, 0.717) is 12.2 Å². The number of ether oxygens (including phenoxy) is 1. The van der Waals surface area contributed by atoms with Crippen LogP contribution in [0.2, 0.25) is 0 Å². The number of benzene rings is 1. The zero-order chi connectivity index (χ0) is 11.0. The molecule has 78 valence electrons. The van der Waals surface area contributed by atoms with E-state index in [1.54, 1.807) is 23.6 Å². The zero-order valence-electron chi connectivity index (χ0n) is 8.21. The molecule has 3 aromatic rings. The lowest BCUT2D eigenvalue weighted by Gasteiger charge is -2.04. The van der Waals surface area contributed by atoms with Gasteiger partial charge in [0.1, 0.15) is 10.6 Å². The molecule has 1 aromatic carbocycles. The number of hydrogen-bond acceptors (Lipinski definition) is 4. The van der Waals surface area contributed by atoms with Gasteiger partial charge >= 0.3 is 0 Å². The standard InChI is InChI=1S/C12H7NO2S/c14-7-15-10-3-1-2-8-6-13-12-9(11(8)10)4-5-16-12/h1-7H. The molecule has 4 heteroatoms. The van der Waals surface area contributed by atoms with Gasteiger partial charge in [-0.15, -0.1) is 11.3 Å². The van der Waals surface area contributed by atoms with Gasteiger partial charge < -0.3 is 4.74 Å². The third kappa shape index (κ3) is 1.27. The molecule has 0 aliphatic heterocycles. The molecule has 0 unspecified atom stereocenters. The Morgan fingerprint density at radius 1 is 1.31 bits per heavy atom. The van der Waals surface area contributed by atoms with Crippen LogP contribution in [0.25, 0.3) is 21.0 Å². The number of hydrogen-bond donors (Lipinski definition) is 0. The molecule has 3 rings (SSSR count). The van der Waals surface area contributed by atoms with Crippen molar-refractivity contribution in [3.8, 4) is 5.75 Å². The van der Waals surface area contributed by atoms with E-state index in [4.69, 9.17) is 4.74 Å². The molecular weight excluding hydrogens is 222 g/mol.